The summed E-state index contributed by atoms with van der Waals surface area (Å²) in [6.07, 6.45) is -3.64. The maximum atomic E-state index is 13.1. The second-order valence-electron chi connectivity index (χ2n) is 6.34. The van der Waals surface area contributed by atoms with Gasteiger partial charge in [0.2, 0.25) is 15.9 Å². The number of hydrogen-bond donors (Lipinski definition) is 1. The van der Waals surface area contributed by atoms with Gasteiger partial charge in [0.05, 0.1) is 36.2 Å². The summed E-state index contributed by atoms with van der Waals surface area (Å²) in [6, 6.07) is 6.74. The lowest BCUT2D eigenvalue weighted by atomic mass is 10.2. The van der Waals surface area contributed by atoms with Gasteiger partial charge in [0.1, 0.15) is 0 Å². The zero-order chi connectivity index (χ0) is 24.1. The Balaban J connectivity index is 2.30. The number of ether oxygens (including phenoxy) is 2. The first-order chi connectivity index (χ1) is 14.9. The van der Waals surface area contributed by atoms with Gasteiger partial charge in [-0.1, -0.05) is 17.7 Å². The highest BCUT2D eigenvalue weighted by molar-refractivity contribution is 7.89. The van der Waals surface area contributed by atoms with Crippen LogP contribution in [0.5, 0.6) is 11.5 Å². The molecule has 0 atom stereocenters. The molecule has 0 fully saturated rings. The predicted octanol–water partition coefficient (Wildman–Crippen LogP) is 4.19. The van der Waals surface area contributed by atoms with Crippen molar-refractivity contribution in [2.24, 2.45) is 0 Å². The Hall–Kier alpha value is -2.76. The van der Waals surface area contributed by atoms with Crippen molar-refractivity contribution in [1.82, 2.24) is 4.31 Å². The molecule has 0 aliphatic rings. The minimum Gasteiger partial charge on any atom is -0.493 e. The van der Waals surface area contributed by atoms with E-state index in [4.69, 9.17) is 21.1 Å². The SMILES string of the molecule is C=CCN(CC(=O)Nc1ccc(OC)c(OC)c1)S(=O)(=O)c1ccc(Cl)c(C(F)(F)F)c1. The Morgan fingerprint density at radius 2 is 1.81 bits per heavy atom. The number of nitrogens with one attached hydrogen (secondary N) is 1. The number of carbonyl (C=O) groups excluding carboxylic acids is 1. The third-order valence-corrected chi connectivity index (χ3v) is 6.34. The van der Waals surface area contributed by atoms with E-state index in [1.807, 2.05) is 0 Å². The van der Waals surface area contributed by atoms with Gasteiger partial charge in [-0.2, -0.15) is 17.5 Å². The summed E-state index contributed by atoms with van der Waals surface area (Å²) in [7, 11) is -1.63. The molecule has 0 spiro atoms. The molecule has 174 valence electrons. The Bertz CT molecular complexity index is 1110. The van der Waals surface area contributed by atoms with Crippen LogP contribution in [-0.2, 0) is 21.0 Å². The molecule has 0 heterocycles. The zero-order valence-electron chi connectivity index (χ0n) is 17.1. The number of benzene rings is 2. The van der Waals surface area contributed by atoms with Crippen LogP contribution in [0, 0.1) is 0 Å². The smallest absolute Gasteiger partial charge is 0.417 e. The average Bonchev–Trinajstić information content (AvgIpc) is 2.72. The van der Waals surface area contributed by atoms with Gasteiger partial charge in [-0.15, -0.1) is 6.58 Å². The van der Waals surface area contributed by atoms with E-state index in [9.17, 15) is 26.4 Å². The minimum atomic E-state index is -4.85. The van der Waals surface area contributed by atoms with Crippen molar-refractivity contribution in [2.45, 2.75) is 11.1 Å². The highest BCUT2D eigenvalue weighted by Crippen LogP contribution is 2.36. The van der Waals surface area contributed by atoms with Gasteiger partial charge in [-0.3, -0.25) is 4.79 Å². The molecule has 0 unspecified atom stereocenters. The molecule has 2 aromatic carbocycles. The van der Waals surface area contributed by atoms with Gasteiger partial charge in [0.15, 0.2) is 11.5 Å². The first kappa shape index (κ1) is 25.5. The summed E-state index contributed by atoms with van der Waals surface area (Å²) in [4.78, 5) is 11.8. The molecule has 0 aromatic heterocycles. The normalized spacial score (nSPS) is 11.8. The van der Waals surface area contributed by atoms with Crippen LogP contribution in [0.1, 0.15) is 5.56 Å². The van der Waals surface area contributed by atoms with E-state index in [0.717, 1.165) is 12.1 Å². The number of hydrogen-bond acceptors (Lipinski definition) is 5. The molecular weight excluding hydrogens is 473 g/mol. The van der Waals surface area contributed by atoms with Crippen molar-refractivity contribution in [3.05, 3.63) is 59.6 Å². The van der Waals surface area contributed by atoms with Crippen LogP contribution >= 0.6 is 11.6 Å². The fourth-order valence-corrected chi connectivity index (χ4v) is 4.32. The number of methoxy groups -OCH3 is 2. The number of amides is 1. The zero-order valence-corrected chi connectivity index (χ0v) is 18.6. The molecule has 0 saturated heterocycles. The molecule has 7 nitrogen and oxygen atoms in total. The van der Waals surface area contributed by atoms with E-state index in [-0.39, 0.29) is 6.54 Å². The molecule has 0 aliphatic heterocycles. The van der Waals surface area contributed by atoms with Crippen LogP contribution in [0.2, 0.25) is 5.02 Å². The second-order valence-corrected chi connectivity index (χ2v) is 8.69. The first-order valence-corrected chi connectivity index (χ1v) is 10.8. The Morgan fingerprint density at radius 1 is 1.16 bits per heavy atom. The number of alkyl halides is 3. The molecular formula is C20H20ClF3N2O5S. The van der Waals surface area contributed by atoms with Crippen LogP contribution in [0.3, 0.4) is 0 Å². The number of nitrogens with zero attached hydrogens (tertiary/aromatic N) is 1. The van der Waals surface area contributed by atoms with Crippen LogP contribution in [0.25, 0.3) is 0 Å². The quantitative estimate of drug-likeness (QED) is 0.530. The van der Waals surface area contributed by atoms with Crippen molar-refractivity contribution >= 4 is 33.2 Å². The van der Waals surface area contributed by atoms with Gasteiger partial charge in [-0.05, 0) is 30.3 Å². The van der Waals surface area contributed by atoms with Crippen molar-refractivity contribution in [1.29, 1.82) is 0 Å². The molecule has 12 heteroatoms. The summed E-state index contributed by atoms with van der Waals surface area (Å²) < 4.78 is 76.2. The van der Waals surface area contributed by atoms with Gasteiger partial charge in [0.25, 0.3) is 0 Å². The van der Waals surface area contributed by atoms with E-state index in [1.54, 1.807) is 6.07 Å². The summed E-state index contributed by atoms with van der Waals surface area (Å²) in [5.41, 5.74) is -0.997. The highest BCUT2D eigenvalue weighted by Gasteiger charge is 2.35. The largest absolute Gasteiger partial charge is 0.493 e. The summed E-state index contributed by atoms with van der Waals surface area (Å²) in [6.45, 7) is 2.45. The standard InChI is InChI=1S/C20H20ClF3N2O5S/c1-4-9-26(12-19(27)25-13-5-8-17(30-2)18(10-13)31-3)32(28,29)14-6-7-16(21)15(11-14)20(22,23)24/h4-8,10-11H,1,9,12H2,2-3H3,(H,25,27). The van der Waals surface area contributed by atoms with Crippen LogP contribution in [0.4, 0.5) is 18.9 Å². The monoisotopic (exact) mass is 492 g/mol. The van der Waals surface area contributed by atoms with Crippen LogP contribution in [0.15, 0.2) is 53.9 Å². The number of sulfonamides is 1. The second kappa shape index (κ2) is 10.2. The van der Waals surface area contributed by atoms with Gasteiger partial charge in [0, 0.05) is 18.3 Å². The third kappa shape index (κ3) is 5.93. The lowest BCUT2D eigenvalue weighted by Gasteiger charge is -2.21. The van der Waals surface area contributed by atoms with Crippen molar-refractivity contribution < 1.29 is 35.9 Å². The molecule has 0 radical (unpaired) electrons. The number of carbonyl (C=O) groups is 1. The fourth-order valence-electron chi connectivity index (χ4n) is 2.70. The molecule has 32 heavy (non-hydrogen) atoms. The van der Waals surface area contributed by atoms with Crippen LogP contribution < -0.4 is 14.8 Å². The first-order valence-electron chi connectivity index (χ1n) is 8.93. The maximum Gasteiger partial charge on any atom is 0.417 e. The predicted molar refractivity (Wildman–Crippen MR) is 114 cm³/mol. The lowest BCUT2D eigenvalue weighted by Crippen LogP contribution is -2.38. The molecule has 1 amide bonds. The summed E-state index contributed by atoms with van der Waals surface area (Å²) >= 11 is 5.56. The Kier molecular flexibility index (Phi) is 8.16. The van der Waals surface area contributed by atoms with Crippen molar-refractivity contribution in [3.8, 4) is 11.5 Å². The minimum absolute atomic E-state index is 0.300. The van der Waals surface area contributed by atoms with Crippen molar-refractivity contribution in [3.63, 3.8) is 0 Å². The maximum absolute atomic E-state index is 13.1. The van der Waals surface area contributed by atoms with E-state index in [1.165, 1.54) is 32.4 Å². The molecule has 0 aliphatic carbocycles. The molecule has 1 N–H and O–H groups in total. The van der Waals surface area contributed by atoms with Gasteiger partial charge >= 0.3 is 6.18 Å². The third-order valence-electron chi connectivity index (χ3n) is 4.20. The lowest BCUT2D eigenvalue weighted by molar-refractivity contribution is -0.137. The molecule has 2 rings (SSSR count). The van der Waals surface area contributed by atoms with E-state index < -0.39 is 44.1 Å². The molecule has 0 saturated carbocycles. The van der Waals surface area contributed by atoms with E-state index >= 15 is 0 Å². The molecule has 2 aromatic rings. The summed E-state index contributed by atoms with van der Waals surface area (Å²) in [5.74, 6) is 0.0268. The van der Waals surface area contributed by atoms with E-state index in [2.05, 4.69) is 11.9 Å². The fraction of sp³-hybridized carbons (Fsp3) is 0.250. The number of anilines is 1. The molecule has 0 bridgehead atoms. The topological polar surface area (TPSA) is 84.9 Å². The summed E-state index contributed by atoms with van der Waals surface area (Å²) in [5, 5.41) is 1.87. The Labute approximate surface area is 188 Å². The van der Waals surface area contributed by atoms with Crippen LogP contribution in [-0.4, -0.2) is 45.9 Å². The van der Waals surface area contributed by atoms with Crippen molar-refractivity contribution in [2.75, 3.05) is 32.6 Å². The number of rotatable bonds is 9. The highest BCUT2D eigenvalue weighted by atomic mass is 35.5. The van der Waals surface area contributed by atoms with Gasteiger partial charge < -0.3 is 14.8 Å². The van der Waals surface area contributed by atoms with Gasteiger partial charge in [-0.25, -0.2) is 8.42 Å². The number of halogens is 4. The Morgan fingerprint density at radius 3 is 2.38 bits per heavy atom. The average molecular weight is 493 g/mol. The van der Waals surface area contributed by atoms with E-state index in [0.29, 0.717) is 27.6 Å².